The van der Waals surface area contributed by atoms with Crippen LogP contribution in [0.4, 0.5) is 10.1 Å². The second kappa shape index (κ2) is 8.12. The van der Waals surface area contributed by atoms with Crippen molar-refractivity contribution in [3.63, 3.8) is 0 Å². The van der Waals surface area contributed by atoms with Crippen molar-refractivity contribution in [3.05, 3.63) is 47.5 Å². The first-order chi connectivity index (χ1) is 11.0. The number of rotatable bonds is 7. The zero-order chi connectivity index (χ0) is 16.8. The van der Waals surface area contributed by atoms with Gasteiger partial charge in [-0.25, -0.2) is 4.39 Å². The van der Waals surface area contributed by atoms with Crippen LogP contribution >= 0.6 is 23.4 Å². The Balaban J connectivity index is 1.99. The van der Waals surface area contributed by atoms with Gasteiger partial charge in [-0.1, -0.05) is 36.4 Å². The van der Waals surface area contributed by atoms with E-state index in [1.807, 2.05) is 11.5 Å². The molecular formula is C15H16ClFN4OS. The Kier molecular flexibility index (Phi) is 6.18. The highest BCUT2D eigenvalue weighted by Crippen LogP contribution is 2.21. The molecule has 1 aromatic heterocycles. The number of benzene rings is 1. The number of carbonyl (C=O) groups excluding carboxylic acids is 1. The van der Waals surface area contributed by atoms with Crippen molar-refractivity contribution in [1.82, 2.24) is 14.8 Å². The summed E-state index contributed by atoms with van der Waals surface area (Å²) < 4.78 is 15.5. The van der Waals surface area contributed by atoms with E-state index in [4.69, 9.17) is 11.6 Å². The standard InChI is InChI=1S/C15H16ClFN4OS/c1-3-7-21-13(4-2)19-20-15(21)23-9-14(22)18-12-6-5-10(16)8-11(12)17/h3,5-6,8H,1,4,7,9H2,2H3,(H,18,22). The van der Waals surface area contributed by atoms with Crippen molar-refractivity contribution in [2.45, 2.75) is 25.0 Å². The third kappa shape index (κ3) is 4.56. The molecule has 1 N–H and O–H groups in total. The molecule has 0 fully saturated rings. The Morgan fingerprint density at radius 3 is 2.96 bits per heavy atom. The minimum atomic E-state index is -0.570. The molecule has 1 aromatic carbocycles. The predicted molar refractivity (Wildman–Crippen MR) is 90.4 cm³/mol. The van der Waals surface area contributed by atoms with Gasteiger partial charge in [-0.15, -0.1) is 16.8 Å². The van der Waals surface area contributed by atoms with Crippen LogP contribution in [-0.4, -0.2) is 26.4 Å². The summed E-state index contributed by atoms with van der Waals surface area (Å²) in [5, 5.41) is 11.6. The van der Waals surface area contributed by atoms with Gasteiger partial charge in [0.1, 0.15) is 11.6 Å². The SMILES string of the molecule is C=CCn1c(CC)nnc1SCC(=O)Nc1ccc(Cl)cc1F. The van der Waals surface area contributed by atoms with E-state index in [1.54, 1.807) is 6.08 Å². The second-order valence-corrected chi connectivity index (χ2v) is 5.99. The molecule has 0 aliphatic rings. The molecule has 23 heavy (non-hydrogen) atoms. The summed E-state index contributed by atoms with van der Waals surface area (Å²) in [6.45, 7) is 6.26. The Morgan fingerprint density at radius 2 is 2.30 bits per heavy atom. The number of nitrogens with one attached hydrogen (secondary N) is 1. The zero-order valence-corrected chi connectivity index (χ0v) is 14.1. The highest BCUT2D eigenvalue weighted by Gasteiger charge is 2.13. The van der Waals surface area contributed by atoms with Crippen LogP contribution in [0, 0.1) is 5.82 Å². The molecule has 0 atom stereocenters. The van der Waals surface area contributed by atoms with Crippen molar-refractivity contribution in [3.8, 4) is 0 Å². The van der Waals surface area contributed by atoms with Gasteiger partial charge in [-0.3, -0.25) is 4.79 Å². The quantitative estimate of drug-likeness (QED) is 0.610. The van der Waals surface area contributed by atoms with E-state index >= 15 is 0 Å². The molecule has 5 nitrogen and oxygen atoms in total. The molecule has 0 saturated heterocycles. The number of hydrogen-bond donors (Lipinski definition) is 1. The second-order valence-electron chi connectivity index (χ2n) is 4.61. The maximum Gasteiger partial charge on any atom is 0.234 e. The van der Waals surface area contributed by atoms with E-state index in [0.29, 0.717) is 11.7 Å². The molecule has 122 valence electrons. The molecule has 0 spiro atoms. The summed E-state index contributed by atoms with van der Waals surface area (Å²) >= 11 is 6.92. The molecule has 0 unspecified atom stereocenters. The van der Waals surface area contributed by atoms with E-state index in [2.05, 4.69) is 22.1 Å². The first-order valence-corrected chi connectivity index (χ1v) is 8.32. The number of carbonyl (C=O) groups is 1. The minimum Gasteiger partial charge on any atom is -0.323 e. The van der Waals surface area contributed by atoms with Gasteiger partial charge in [-0.05, 0) is 18.2 Å². The summed E-state index contributed by atoms with van der Waals surface area (Å²) in [4.78, 5) is 12.0. The number of aromatic nitrogens is 3. The number of nitrogens with zero attached hydrogens (tertiary/aromatic N) is 3. The molecule has 0 saturated carbocycles. The van der Waals surface area contributed by atoms with Crippen LogP contribution in [0.5, 0.6) is 0 Å². The van der Waals surface area contributed by atoms with Gasteiger partial charge in [0, 0.05) is 18.0 Å². The van der Waals surface area contributed by atoms with E-state index in [-0.39, 0.29) is 22.4 Å². The van der Waals surface area contributed by atoms with Gasteiger partial charge in [0.05, 0.1) is 11.4 Å². The highest BCUT2D eigenvalue weighted by molar-refractivity contribution is 7.99. The molecule has 0 bridgehead atoms. The monoisotopic (exact) mass is 354 g/mol. The fourth-order valence-electron chi connectivity index (χ4n) is 1.91. The van der Waals surface area contributed by atoms with Crippen LogP contribution in [0.15, 0.2) is 36.0 Å². The first kappa shape index (κ1) is 17.5. The van der Waals surface area contributed by atoms with Crippen molar-refractivity contribution >= 4 is 35.0 Å². The van der Waals surface area contributed by atoms with Gasteiger partial charge in [0.25, 0.3) is 0 Å². The molecule has 2 aromatic rings. The van der Waals surface area contributed by atoms with Crippen molar-refractivity contribution in [2.75, 3.05) is 11.1 Å². The number of hydrogen-bond acceptors (Lipinski definition) is 4. The average molecular weight is 355 g/mol. The maximum atomic E-state index is 13.6. The van der Waals surface area contributed by atoms with Crippen LogP contribution in [0.25, 0.3) is 0 Å². The summed E-state index contributed by atoms with van der Waals surface area (Å²) in [6.07, 6.45) is 2.49. The van der Waals surface area contributed by atoms with Gasteiger partial charge in [0.15, 0.2) is 5.16 Å². The number of allylic oxidation sites excluding steroid dienone is 1. The molecule has 0 aliphatic heterocycles. The van der Waals surface area contributed by atoms with Gasteiger partial charge in [-0.2, -0.15) is 0 Å². The molecule has 8 heteroatoms. The number of anilines is 1. The van der Waals surface area contributed by atoms with Crippen LogP contribution in [-0.2, 0) is 17.8 Å². The lowest BCUT2D eigenvalue weighted by Crippen LogP contribution is -2.15. The summed E-state index contributed by atoms with van der Waals surface area (Å²) in [7, 11) is 0. The first-order valence-electron chi connectivity index (χ1n) is 6.95. The lowest BCUT2D eigenvalue weighted by molar-refractivity contribution is -0.113. The largest absolute Gasteiger partial charge is 0.323 e. The fourth-order valence-corrected chi connectivity index (χ4v) is 2.83. The van der Waals surface area contributed by atoms with Crippen molar-refractivity contribution in [2.24, 2.45) is 0 Å². The lowest BCUT2D eigenvalue weighted by atomic mass is 10.3. The van der Waals surface area contributed by atoms with Crippen molar-refractivity contribution < 1.29 is 9.18 Å². The third-order valence-corrected chi connectivity index (χ3v) is 4.16. The fraction of sp³-hybridized carbons (Fsp3) is 0.267. The smallest absolute Gasteiger partial charge is 0.234 e. The Bertz CT molecular complexity index is 719. The van der Waals surface area contributed by atoms with E-state index in [0.717, 1.165) is 18.3 Å². The molecule has 1 amide bonds. The highest BCUT2D eigenvalue weighted by atomic mass is 35.5. The van der Waals surface area contributed by atoms with Gasteiger partial charge < -0.3 is 9.88 Å². The topological polar surface area (TPSA) is 59.8 Å². The van der Waals surface area contributed by atoms with Gasteiger partial charge in [0.2, 0.25) is 5.91 Å². The molecular weight excluding hydrogens is 339 g/mol. The minimum absolute atomic E-state index is 0.0983. The molecule has 0 radical (unpaired) electrons. The maximum absolute atomic E-state index is 13.6. The van der Waals surface area contributed by atoms with Crippen LogP contribution in [0.2, 0.25) is 5.02 Å². The average Bonchev–Trinajstić information content (AvgIpc) is 2.90. The zero-order valence-electron chi connectivity index (χ0n) is 12.6. The summed E-state index contributed by atoms with van der Waals surface area (Å²) in [6, 6.07) is 4.09. The molecule has 0 aliphatic carbocycles. The number of amides is 1. The number of halogens is 2. The number of aryl methyl sites for hydroxylation is 1. The Hall–Kier alpha value is -1.86. The van der Waals surface area contributed by atoms with E-state index < -0.39 is 5.82 Å². The van der Waals surface area contributed by atoms with E-state index in [9.17, 15) is 9.18 Å². The Morgan fingerprint density at radius 1 is 1.52 bits per heavy atom. The van der Waals surface area contributed by atoms with Crippen LogP contribution in [0.3, 0.4) is 0 Å². The summed E-state index contributed by atoms with van der Waals surface area (Å²) in [5.41, 5.74) is 0.0989. The summed E-state index contributed by atoms with van der Waals surface area (Å²) in [5.74, 6) is 0.0269. The third-order valence-electron chi connectivity index (χ3n) is 2.96. The lowest BCUT2D eigenvalue weighted by Gasteiger charge is -2.08. The number of thioether (sulfide) groups is 1. The predicted octanol–water partition coefficient (Wildman–Crippen LogP) is 3.55. The van der Waals surface area contributed by atoms with E-state index in [1.165, 1.54) is 23.9 Å². The Labute approximate surface area is 142 Å². The van der Waals surface area contributed by atoms with Gasteiger partial charge >= 0.3 is 0 Å². The molecule has 1 heterocycles. The normalized spacial score (nSPS) is 10.6. The van der Waals surface area contributed by atoms with Crippen molar-refractivity contribution in [1.29, 1.82) is 0 Å². The van der Waals surface area contributed by atoms with Crippen LogP contribution < -0.4 is 5.32 Å². The van der Waals surface area contributed by atoms with Crippen LogP contribution in [0.1, 0.15) is 12.7 Å². The molecule has 2 rings (SSSR count).